The van der Waals surface area contributed by atoms with Gasteiger partial charge in [-0.1, -0.05) is 29.3 Å². The Morgan fingerprint density at radius 1 is 1.11 bits per heavy atom. The molecule has 0 saturated heterocycles. The van der Waals surface area contributed by atoms with Crippen molar-refractivity contribution in [1.29, 1.82) is 0 Å². The molecule has 3 aromatic rings. The lowest BCUT2D eigenvalue weighted by Crippen LogP contribution is -3.08. The number of carbonyl (C=O) groups is 1. The van der Waals surface area contributed by atoms with Crippen molar-refractivity contribution in [2.45, 2.75) is 27.3 Å². The number of nitrogens with zero attached hydrogens (tertiary/aromatic N) is 2. The Morgan fingerprint density at radius 2 is 1.75 bits per heavy atom. The first-order valence-electron chi connectivity index (χ1n) is 9.09. The van der Waals surface area contributed by atoms with Crippen LogP contribution in [0.15, 0.2) is 40.8 Å². The van der Waals surface area contributed by atoms with E-state index in [1.807, 2.05) is 40.0 Å². The number of quaternary nitrogens is 1. The van der Waals surface area contributed by atoms with Crippen LogP contribution in [0.5, 0.6) is 0 Å². The molecule has 2 N–H and O–H groups in total. The van der Waals surface area contributed by atoms with Gasteiger partial charge < -0.3 is 14.6 Å². The average molecular weight is 400 g/mol. The van der Waals surface area contributed by atoms with Gasteiger partial charge in [-0.25, -0.2) is 0 Å². The quantitative estimate of drug-likeness (QED) is 0.668. The molecule has 6 nitrogen and oxygen atoms in total. The van der Waals surface area contributed by atoms with Crippen LogP contribution in [-0.4, -0.2) is 29.7 Å². The van der Waals surface area contributed by atoms with Crippen LogP contribution in [0.25, 0.3) is 11.5 Å². The van der Waals surface area contributed by atoms with Crippen LogP contribution in [-0.2, 0) is 11.3 Å². The van der Waals surface area contributed by atoms with Crippen LogP contribution in [0, 0.1) is 20.8 Å². The fourth-order valence-electron chi connectivity index (χ4n) is 3.19. The maximum atomic E-state index is 12.4. The number of carbonyl (C=O) groups excluding carboxylic acids is 1. The van der Waals surface area contributed by atoms with E-state index in [0.717, 1.165) is 27.3 Å². The normalized spacial score (nSPS) is 12.0. The van der Waals surface area contributed by atoms with E-state index in [2.05, 4.69) is 27.6 Å². The number of likely N-dealkylation sites (N-methyl/N-ethyl adjacent to an activating group) is 1. The Morgan fingerprint density at radius 3 is 2.39 bits per heavy atom. The van der Waals surface area contributed by atoms with Gasteiger partial charge in [0.1, 0.15) is 0 Å². The van der Waals surface area contributed by atoms with Crippen molar-refractivity contribution in [1.82, 2.24) is 10.2 Å². The summed E-state index contributed by atoms with van der Waals surface area (Å²) in [6, 6.07) is 11.3. The Kier molecular flexibility index (Phi) is 6.11. The molecular weight excluding hydrogens is 376 g/mol. The largest absolute Gasteiger partial charge is 0.415 e. The molecule has 0 bridgehead atoms. The number of aryl methyl sites for hydroxylation is 3. The number of aromatic nitrogens is 2. The first-order valence-corrected chi connectivity index (χ1v) is 9.47. The molecule has 0 fully saturated rings. The molecule has 2 aromatic carbocycles. The summed E-state index contributed by atoms with van der Waals surface area (Å²) in [7, 11) is 1.92. The van der Waals surface area contributed by atoms with Crippen LogP contribution < -0.4 is 10.2 Å². The van der Waals surface area contributed by atoms with E-state index in [1.54, 1.807) is 12.1 Å². The van der Waals surface area contributed by atoms with Crippen LogP contribution in [0.4, 0.5) is 5.69 Å². The zero-order valence-corrected chi connectivity index (χ0v) is 17.2. The fourth-order valence-corrected chi connectivity index (χ4v) is 3.32. The molecule has 1 atom stereocenters. The van der Waals surface area contributed by atoms with Crippen molar-refractivity contribution in [2.75, 3.05) is 18.9 Å². The second kappa shape index (κ2) is 8.54. The van der Waals surface area contributed by atoms with E-state index in [-0.39, 0.29) is 5.91 Å². The molecule has 1 heterocycles. The minimum Gasteiger partial charge on any atom is -0.415 e. The lowest BCUT2D eigenvalue weighted by atomic mass is 10.1. The van der Waals surface area contributed by atoms with Crippen molar-refractivity contribution in [3.8, 4) is 11.5 Å². The van der Waals surface area contributed by atoms with E-state index in [4.69, 9.17) is 16.0 Å². The molecule has 0 aliphatic carbocycles. The monoisotopic (exact) mass is 399 g/mol. The van der Waals surface area contributed by atoms with Gasteiger partial charge in [-0.15, -0.1) is 10.2 Å². The highest BCUT2D eigenvalue weighted by Gasteiger charge is 2.17. The lowest BCUT2D eigenvalue weighted by Gasteiger charge is -2.15. The summed E-state index contributed by atoms with van der Waals surface area (Å²) in [6.45, 7) is 6.81. The minimum absolute atomic E-state index is 0.0509. The smallest absolute Gasteiger partial charge is 0.279 e. The molecule has 146 valence electrons. The highest BCUT2D eigenvalue weighted by atomic mass is 35.5. The maximum Gasteiger partial charge on any atom is 0.279 e. The molecule has 3 rings (SSSR count). The number of benzene rings is 2. The molecule has 1 aromatic heterocycles. The lowest BCUT2D eigenvalue weighted by molar-refractivity contribution is -0.886. The van der Waals surface area contributed by atoms with Crippen LogP contribution in [0.2, 0.25) is 5.02 Å². The van der Waals surface area contributed by atoms with E-state index in [1.165, 1.54) is 5.56 Å². The molecule has 1 amide bonds. The SMILES string of the molecule is Cc1cc(C)c(NC(=O)C[NH+](C)Cc2nnc(-c3ccc(Cl)cc3)o2)c(C)c1. The van der Waals surface area contributed by atoms with E-state index in [9.17, 15) is 4.79 Å². The standard InChI is InChI=1S/C21H23ClN4O2/c1-13-9-14(2)20(15(3)10-13)23-18(27)11-26(4)12-19-24-25-21(28-19)16-5-7-17(22)8-6-16/h5-10H,11-12H2,1-4H3,(H,23,27)/p+1. The number of hydrogen-bond donors (Lipinski definition) is 2. The summed E-state index contributed by atoms with van der Waals surface area (Å²) in [5, 5.41) is 11.8. The van der Waals surface area contributed by atoms with Crippen LogP contribution in [0.3, 0.4) is 0 Å². The number of anilines is 1. The van der Waals surface area contributed by atoms with Crippen LogP contribution >= 0.6 is 11.6 Å². The van der Waals surface area contributed by atoms with Crippen molar-refractivity contribution >= 4 is 23.2 Å². The zero-order valence-electron chi connectivity index (χ0n) is 16.5. The third kappa shape index (κ3) is 4.97. The summed E-state index contributed by atoms with van der Waals surface area (Å²) >= 11 is 5.90. The minimum atomic E-state index is -0.0509. The summed E-state index contributed by atoms with van der Waals surface area (Å²) < 4.78 is 5.71. The first-order chi connectivity index (χ1) is 13.3. The fraction of sp³-hybridized carbons (Fsp3) is 0.286. The topological polar surface area (TPSA) is 72.5 Å². The molecule has 0 spiro atoms. The van der Waals surface area contributed by atoms with Crippen LogP contribution in [0.1, 0.15) is 22.6 Å². The van der Waals surface area contributed by atoms with Gasteiger partial charge in [0.2, 0.25) is 5.89 Å². The van der Waals surface area contributed by atoms with Crippen molar-refractivity contribution < 1.29 is 14.1 Å². The van der Waals surface area contributed by atoms with E-state index < -0.39 is 0 Å². The van der Waals surface area contributed by atoms with Crippen molar-refractivity contribution in [3.63, 3.8) is 0 Å². The molecule has 0 aliphatic rings. The number of amides is 1. The summed E-state index contributed by atoms with van der Waals surface area (Å²) in [4.78, 5) is 13.4. The average Bonchev–Trinajstić information content (AvgIpc) is 3.07. The molecule has 0 aliphatic heterocycles. The number of halogens is 1. The van der Waals surface area contributed by atoms with E-state index in [0.29, 0.717) is 29.9 Å². The second-order valence-electron chi connectivity index (χ2n) is 7.14. The number of nitrogens with one attached hydrogen (secondary N) is 2. The second-order valence-corrected chi connectivity index (χ2v) is 7.58. The predicted molar refractivity (Wildman–Crippen MR) is 109 cm³/mol. The van der Waals surface area contributed by atoms with Gasteiger partial charge in [-0.05, 0) is 56.2 Å². The molecule has 0 saturated carbocycles. The van der Waals surface area contributed by atoms with Gasteiger partial charge >= 0.3 is 0 Å². The summed E-state index contributed by atoms with van der Waals surface area (Å²) in [5.74, 6) is 0.873. The predicted octanol–water partition coefficient (Wildman–Crippen LogP) is 2.97. The highest BCUT2D eigenvalue weighted by Crippen LogP contribution is 2.22. The highest BCUT2D eigenvalue weighted by molar-refractivity contribution is 6.30. The van der Waals surface area contributed by atoms with Gasteiger partial charge in [-0.2, -0.15) is 0 Å². The van der Waals surface area contributed by atoms with Crippen molar-refractivity contribution in [3.05, 3.63) is 64.0 Å². The van der Waals surface area contributed by atoms with Crippen molar-refractivity contribution in [2.24, 2.45) is 0 Å². The van der Waals surface area contributed by atoms with Gasteiger partial charge in [0, 0.05) is 16.3 Å². The third-order valence-electron chi connectivity index (χ3n) is 4.41. The molecule has 0 radical (unpaired) electrons. The Balaban J connectivity index is 1.59. The molecule has 7 heteroatoms. The van der Waals surface area contributed by atoms with Gasteiger partial charge in [-0.3, -0.25) is 4.79 Å². The number of hydrogen-bond acceptors (Lipinski definition) is 4. The Bertz CT molecular complexity index is 959. The number of rotatable bonds is 6. The molecule has 28 heavy (non-hydrogen) atoms. The first kappa shape index (κ1) is 20.0. The Labute approximate surface area is 169 Å². The maximum absolute atomic E-state index is 12.4. The van der Waals surface area contributed by atoms with Gasteiger partial charge in [0.05, 0.1) is 7.05 Å². The van der Waals surface area contributed by atoms with E-state index >= 15 is 0 Å². The summed E-state index contributed by atoms with van der Waals surface area (Å²) in [6.07, 6.45) is 0. The van der Waals surface area contributed by atoms with Gasteiger partial charge in [0.15, 0.2) is 13.1 Å². The van der Waals surface area contributed by atoms with Gasteiger partial charge in [0.25, 0.3) is 11.8 Å². The molecule has 1 unspecified atom stereocenters. The molecular formula is C21H24ClN4O2+. The Hall–Kier alpha value is -2.70. The zero-order chi connectivity index (χ0) is 20.3. The summed E-state index contributed by atoms with van der Waals surface area (Å²) in [5.41, 5.74) is 5.00. The third-order valence-corrected chi connectivity index (χ3v) is 4.67.